The molecule has 3 nitrogen and oxygen atoms in total. The number of hydrogen-bond donors (Lipinski definition) is 1. The van der Waals surface area contributed by atoms with E-state index >= 15 is 0 Å². The zero-order chi connectivity index (χ0) is 17.2. The van der Waals surface area contributed by atoms with Crippen molar-refractivity contribution in [3.8, 4) is 0 Å². The summed E-state index contributed by atoms with van der Waals surface area (Å²) in [4.78, 5) is 15.3. The van der Waals surface area contributed by atoms with Crippen LogP contribution in [0, 0.1) is 10.8 Å². The Morgan fingerprint density at radius 1 is 1.14 bits per heavy atom. The predicted molar refractivity (Wildman–Crippen MR) is 95.2 cm³/mol. The summed E-state index contributed by atoms with van der Waals surface area (Å²) in [6.45, 7) is 20.3. The number of piperidine rings is 1. The molecule has 1 rings (SSSR count). The first-order valence-corrected chi connectivity index (χ1v) is 8.91. The molecule has 0 aliphatic carbocycles. The average molecular weight is 311 g/mol. The summed E-state index contributed by atoms with van der Waals surface area (Å²) in [6, 6.07) is -0.0778. The van der Waals surface area contributed by atoms with E-state index in [2.05, 4.69) is 44.8 Å². The molecule has 1 aliphatic heterocycles. The van der Waals surface area contributed by atoms with E-state index in [1.807, 2.05) is 20.8 Å². The highest BCUT2D eigenvalue weighted by Gasteiger charge is 2.35. The molecule has 3 heteroatoms. The van der Waals surface area contributed by atoms with Gasteiger partial charge in [-0.2, -0.15) is 0 Å². The maximum absolute atomic E-state index is 12.8. The fraction of sp³-hybridized carbons (Fsp3) is 0.947. The molecular weight excluding hydrogens is 272 g/mol. The second-order valence-corrected chi connectivity index (χ2v) is 9.53. The molecule has 1 N–H and O–H groups in total. The Labute approximate surface area is 138 Å². The lowest BCUT2D eigenvalue weighted by molar-refractivity contribution is -0.129. The maximum Gasteiger partial charge on any atom is 0.156 e. The van der Waals surface area contributed by atoms with Crippen LogP contribution in [0.25, 0.3) is 0 Å². The van der Waals surface area contributed by atoms with Gasteiger partial charge in [0.1, 0.15) is 0 Å². The summed E-state index contributed by atoms with van der Waals surface area (Å²) in [5.41, 5.74) is 0.160. The van der Waals surface area contributed by atoms with Gasteiger partial charge >= 0.3 is 0 Å². The second kappa shape index (κ2) is 7.00. The first-order valence-electron chi connectivity index (χ1n) is 8.91. The van der Waals surface area contributed by atoms with Gasteiger partial charge in [0.05, 0.1) is 6.04 Å². The number of nitrogens with one attached hydrogen (secondary N) is 1. The van der Waals surface area contributed by atoms with Crippen molar-refractivity contribution < 1.29 is 4.79 Å². The quantitative estimate of drug-likeness (QED) is 0.836. The Hall–Kier alpha value is -0.410. The molecule has 0 aromatic rings. The minimum atomic E-state index is -0.295. The lowest BCUT2D eigenvalue weighted by atomic mass is 9.78. The number of ketones is 1. The molecule has 1 heterocycles. The van der Waals surface area contributed by atoms with Crippen LogP contribution in [-0.4, -0.2) is 41.9 Å². The monoisotopic (exact) mass is 310 g/mol. The van der Waals surface area contributed by atoms with Crippen LogP contribution >= 0.6 is 0 Å². The van der Waals surface area contributed by atoms with Crippen LogP contribution in [0.3, 0.4) is 0 Å². The molecule has 1 unspecified atom stereocenters. The maximum atomic E-state index is 12.8. The highest BCUT2D eigenvalue weighted by atomic mass is 16.1. The van der Waals surface area contributed by atoms with E-state index in [0.717, 1.165) is 19.6 Å². The number of likely N-dealkylation sites (tertiary alicyclic amines) is 1. The van der Waals surface area contributed by atoms with Crippen molar-refractivity contribution in [2.24, 2.45) is 10.8 Å². The number of carbonyl (C=O) groups is 1. The van der Waals surface area contributed by atoms with Gasteiger partial charge in [0.25, 0.3) is 0 Å². The van der Waals surface area contributed by atoms with Crippen LogP contribution in [0.5, 0.6) is 0 Å². The molecule has 0 saturated carbocycles. The van der Waals surface area contributed by atoms with Gasteiger partial charge in [-0.05, 0) is 52.1 Å². The van der Waals surface area contributed by atoms with Gasteiger partial charge in [-0.15, -0.1) is 0 Å². The summed E-state index contributed by atoms with van der Waals surface area (Å²) in [6.07, 6.45) is 3.75. The van der Waals surface area contributed by atoms with Crippen LogP contribution < -0.4 is 5.32 Å². The molecule has 0 amide bonds. The van der Waals surface area contributed by atoms with Crippen molar-refractivity contribution in [3.05, 3.63) is 0 Å². The van der Waals surface area contributed by atoms with Crippen molar-refractivity contribution in [2.45, 2.75) is 86.2 Å². The lowest BCUT2D eigenvalue weighted by Crippen LogP contribution is -2.56. The zero-order valence-electron chi connectivity index (χ0n) is 16.2. The third-order valence-corrected chi connectivity index (χ3v) is 5.02. The normalized spacial score (nSPS) is 21.6. The lowest BCUT2D eigenvalue weighted by Gasteiger charge is -2.41. The molecule has 0 bridgehead atoms. The van der Waals surface area contributed by atoms with Crippen molar-refractivity contribution in [1.29, 1.82) is 0 Å². The summed E-state index contributed by atoms with van der Waals surface area (Å²) >= 11 is 0. The standard InChI is InChI=1S/C19H38N2O/c1-9-19(8)10-12-21(13-11-19)14-15(20-18(5,6)7)16(22)17(2,3)4/h15,20H,9-14H2,1-8H3. The van der Waals surface area contributed by atoms with Crippen LogP contribution in [0.4, 0.5) is 0 Å². The molecule has 0 radical (unpaired) electrons. The highest BCUT2D eigenvalue weighted by molar-refractivity contribution is 5.89. The summed E-state index contributed by atoms with van der Waals surface area (Å²) < 4.78 is 0. The van der Waals surface area contributed by atoms with Gasteiger partial charge in [0, 0.05) is 17.5 Å². The first kappa shape index (κ1) is 19.6. The fourth-order valence-corrected chi connectivity index (χ4v) is 3.13. The molecule has 1 aliphatic rings. The summed E-state index contributed by atoms with van der Waals surface area (Å²) in [7, 11) is 0. The molecule has 1 fully saturated rings. The molecule has 22 heavy (non-hydrogen) atoms. The van der Waals surface area contributed by atoms with Crippen LogP contribution in [-0.2, 0) is 4.79 Å². The summed E-state index contributed by atoms with van der Waals surface area (Å²) in [5, 5.41) is 3.55. The molecule has 130 valence electrons. The van der Waals surface area contributed by atoms with Crippen molar-refractivity contribution >= 4 is 5.78 Å². The van der Waals surface area contributed by atoms with Crippen LogP contribution in [0.2, 0.25) is 0 Å². The average Bonchev–Trinajstić information content (AvgIpc) is 2.37. The number of Topliss-reactive ketones (excluding diaryl/α,β-unsaturated/α-hetero) is 1. The van der Waals surface area contributed by atoms with Gasteiger partial charge < -0.3 is 10.2 Å². The van der Waals surface area contributed by atoms with E-state index in [0.29, 0.717) is 11.2 Å². The topological polar surface area (TPSA) is 32.3 Å². The van der Waals surface area contributed by atoms with Crippen LogP contribution in [0.15, 0.2) is 0 Å². The Bertz CT molecular complexity index is 368. The Balaban J connectivity index is 2.72. The molecule has 1 saturated heterocycles. The molecular formula is C19H38N2O. The van der Waals surface area contributed by atoms with Gasteiger partial charge in [-0.1, -0.05) is 41.0 Å². The molecule has 0 aromatic heterocycles. The zero-order valence-corrected chi connectivity index (χ0v) is 16.2. The SMILES string of the molecule is CCC1(C)CCN(CC(NC(C)(C)C)C(=O)C(C)(C)C)CC1. The number of nitrogens with zero attached hydrogens (tertiary/aromatic N) is 1. The second-order valence-electron chi connectivity index (χ2n) is 9.53. The largest absolute Gasteiger partial charge is 0.302 e. The molecule has 0 aromatic carbocycles. The van der Waals surface area contributed by atoms with Crippen molar-refractivity contribution in [3.63, 3.8) is 0 Å². The Morgan fingerprint density at radius 3 is 2.00 bits per heavy atom. The van der Waals surface area contributed by atoms with E-state index in [-0.39, 0.29) is 17.0 Å². The Morgan fingerprint density at radius 2 is 1.64 bits per heavy atom. The smallest absolute Gasteiger partial charge is 0.156 e. The molecule has 1 atom stereocenters. The van der Waals surface area contributed by atoms with Crippen LogP contribution in [0.1, 0.15) is 74.7 Å². The Kier molecular flexibility index (Phi) is 6.25. The summed E-state index contributed by atoms with van der Waals surface area (Å²) in [5.74, 6) is 0.325. The van der Waals surface area contributed by atoms with E-state index in [9.17, 15) is 4.79 Å². The van der Waals surface area contributed by atoms with Gasteiger partial charge in [-0.3, -0.25) is 4.79 Å². The van der Waals surface area contributed by atoms with E-state index < -0.39 is 0 Å². The fourth-order valence-electron chi connectivity index (χ4n) is 3.13. The van der Waals surface area contributed by atoms with Gasteiger partial charge in [-0.25, -0.2) is 0 Å². The number of hydrogen-bond acceptors (Lipinski definition) is 3. The van der Waals surface area contributed by atoms with E-state index in [1.54, 1.807) is 0 Å². The first-order chi connectivity index (χ1) is 9.86. The third-order valence-electron chi connectivity index (χ3n) is 5.02. The van der Waals surface area contributed by atoms with Crippen molar-refractivity contribution in [1.82, 2.24) is 10.2 Å². The number of rotatable bonds is 5. The predicted octanol–water partition coefficient (Wildman–Crippen LogP) is 3.87. The van der Waals surface area contributed by atoms with E-state index in [4.69, 9.17) is 0 Å². The minimum Gasteiger partial charge on any atom is -0.302 e. The molecule has 0 spiro atoms. The van der Waals surface area contributed by atoms with E-state index in [1.165, 1.54) is 19.3 Å². The minimum absolute atomic E-state index is 0.0424. The van der Waals surface area contributed by atoms with Crippen molar-refractivity contribution in [2.75, 3.05) is 19.6 Å². The third kappa shape index (κ3) is 6.00. The number of carbonyl (C=O) groups excluding carboxylic acids is 1. The highest BCUT2D eigenvalue weighted by Crippen LogP contribution is 2.34. The van der Waals surface area contributed by atoms with Gasteiger partial charge in [0.15, 0.2) is 5.78 Å². The van der Waals surface area contributed by atoms with Gasteiger partial charge in [0.2, 0.25) is 0 Å².